The smallest absolute Gasteiger partial charge is 0.394 e. The van der Waals surface area contributed by atoms with E-state index in [4.69, 9.17) is 9.47 Å². The van der Waals surface area contributed by atoms with Crippen molar-refractivity contribution in [1.82, 2.24) is 5.32 Å². The number of allylic oxidation sites excluding steroid dienone is 2. The van der Waals surface area contributed by atoms with Crippen molar-refractivity contribution in [3.8, 4) is 0 Å². The molecule has 0 aromatic rings. The molecule has 1 aliphatic rings. The van der Waals surface area contributed by atoms with E-state index in [0.717, 1.165) is 51.4 Å². The van der Waals surface area contributed by atoms with Crippen LogP contribution in [0.25, 0.3) is 0 Å². The summed E-state index contributed by atoms with van der Waals surface area (Å²) in [6, 6.07) is -0.857. The molecule has 1 heterocycles. The summed E-state index contributed by atoms with van der Waals surface area (Å²) < 4.78 is 48.0. The van der Waals surface area contributed by atoms with Gasteiger partial charge in [0.05, 0.1) is 25.4 Å². The molecule has 6 N–H and O–H groups in total. The summed E-state index contributed by atoms with van der Waals surface area (Å²) in [5, 5.41) is 45.3. The maximum Gasteiger partial charge on any atom is 0.397 e. The van der Waals surface area contributed by atoms with Crippen LogP contribution in [0.2, 0.25) is 0 Å². The molecule has 12 nitrogen and oxygen atoms in total. The fourth-order valence-corrected chi connectivity index (χ4v) is 11.3. The van der Waals surface area contributed by atoms with Crippen molar-refractivity contribution in [2.24, 2.45) is 0 Å². The maximum atomic E-state index is 13.2. The van der Waals surface area contributed by atoms with E-state index >= 15 is 0 Å². The Bertz CT molecular complexity index is 1390. The zero-order valence-corrected chi connectivity index (χ0v) is 50.2. The van der Waals surface area contributed by atoms with Crippen LogP contribution in [-0.2, 0) is 28.9 Å². The third kappa shape index (κ3) is 44.6. The Labute approximate surface area is 468 Å². The average molecular weight is 1100 g/mol. The van der Waals surface area contributed by atoms with Gasteiger partial charge in [0.2, 0.25) is 5.91 Å². The van der Waals surface area contributed by atoms with Crippen molar-refractivity contribution in [3.63, 3.8) is 0 Å². The van der Waals surface area contributed by atoms with Gasteiger partial charge in [-0.05, 0) is 38.5 Å². The fourth-order valence-electron chi connectivity index (χ4n) is 10.8. The number of ether oxygens (including phenoxy) is 2. The van der Waals surface area contributed by atoms with Crippen LogP contribution in [-0.4, -0.2) is 95.4 Å². The largest absolute Gasteiger partial charge is 0.397 e. The van der Waals surface area contributed by atoms with Crippen molar-refractivity contribution in [3.05, 3.63) is 12.2 Å². The number of hydrogen-bond acceptors (Lipinski definition) is 10. The Balaban J connectivity index is 2.28. The summed E-state index contributed by atoms with van der Waals surface area (Å²) in [6.45, 7) is 3.52. The number of aliphatic hydroxyl groups is 4. The molecule has 76 heavy (non-hydrogen) atoms. The van der Waals surface area contributed by atoms with Crippen LogP contribution in [0.3, 0.4) is 0 Å². The van der Waals surface area contributed by atoms with E-state index in [9.17, 15) is 38.2 Å². The first kappa shape index (κ1) is 72.9. The van der Waals surface area contributed by atoms with Crippen molar-refractivity contribution >= 4 is 16.3 Å². The summed E-state index contributed by atoms with van der Waals surface area (Å²) in [6.07, 6.45) is 56.6. The first-order valence-electron chi connectivity index (χ1n) is 32.6. The molecule has 7 atom stereocenters. The van der Waals surface area contributed by atoms with Gasteiger partial charge in [0.15, 0.2) is 6.29 Å². The number of unbranched alkanes of at least 4 members (excludes halogenated alkanes) is 44. The minimum absolute atomic E-state index is 0.224. The second kappa shape index (κ2) is 53.2. The second-order valence-corrected chi connectivity index (χ2v) is 24.1. The monoisotopic (exact) mass is 1100 g/mol. The molecule has 13 heteroatoms. The molecule has 0 aromatic heterocycles. The Kier molecular flexibility index (Phi) is 51.0. The molecule has 452 valence electrons. The Morgan fingerprint density at radius 1 is 0.513 bits per heavy atom. The van der Waals surface area contributed by atoms with Gasteiger partial charge in [0.25, 0.3) is 0 Å². The van der Waals surface area contributed by atoms with Crippen LogP contribution in [0.5, 0.6) is 0 Å². The van der Waals surface area contributed by atoms with Crippen LogP contribution in [0, 0.1) is 0 Å². The van der Waals surface area contributed by atoms with Gasteiger partial charge in [-0.2, -0.15) is 8.42 Å². The standard InChI is InChI=1S/C63H123NO11S/c1-3-5-7-9-11-13-15-17-19-21-23-25-27-28-29-30-31-33-35-37-39-41-43-45-47-49-51-53-59(67)64-56(55-73-63-61(69)62(75-76(70,71)72)60(68)58(54-65)74-63)57(66)52-50-48-46-44-42-40-38-36-34-32-26-24-22-20-18-16-14-12-10-8-6-4-2/h28-29,56-58,60-63,65-66,68-69H,3-27,30-55H2,1-2H3,(H,64,67)(H,70,71,72)/b29-28-. The van der Waals surface area contributed by atoms with Crippen LogP contribution >= 0.6 is 0 Å². The molecule has 0 spiro atoms. The zero-order chi connectivity index (χ0) is 55.4. The number of carbonyl (C=O) groups is 1. The SMILES string of the molecule is CCCCCCCCCCCCCC/C=C\CCCCCCCCCCCCCC(=O)NC(COC1OC(CO)C(O)C(OS(=O)(=O)O)C1O)C(O)CCCCCCCCCCCCCCCCCCCCCCCC. The third-order valence-electron chi connectivity index (χ3n) is 15.8. The van der Waals surface area contributed by atoms with Crippen LogP contribution < -0.4 is 5.32 Å². The Morgan fingerprint density at radius 3 is 1.18 bits per heavy atom. The van der Waals surface area contributed by atoms with Gasteiger partial charge >= 0.3 is 10.4 Å². The highest BCUT2D eigenvalue weighted by Crippen LogP contribution is 2.26. The van der Waals surface area contributed by atoms with E-state index in [1.165, 1.54) is 250 Å². The highest BCUT2D eigenvalue weighted by molar-refractivity contribution is 7.80. The fraction of sp³-hybridized carbons (Fsp3) is 0.952. The highest BCUT2D eigenvalue weighted by atomic mass is 32.3. The number of rotatable bonds is 58. The zero-order valence-electron chi connectivity index (χ0n) is 49.4. The van der Waals surface area contributed by atoms with E-state index in [2.05, 4.69) is 35.5 Å². The Morgan fingerprint density at radius 2 is 0.842 bits per heavy atom. The molecule has 0 radical (unpaired) electrons. The van der Waals surface area contributed by atoms with Crippen LogP contribution in [0.1, 0.15) is 328 Å². The van der Waals surface area contributed by atoms with Gasteiger partial charge in [-0.15, -0.1) is 0 Å². The minimum Gasteiger partial charge on any atom is -0.394 e. The van der Waals surface area contributed by atoms with E-state index in [-0.39, 0.29) is 12.5 Å². The van der Waals surface area contributed by atoms with Gasteiger partial charge < -0.3 is 35.2 Å². The topological polar surface area (TPSA) is 192 Å². The molecule has 0 bridgehead atoms. The summed E-state index contributed by atoms with van der Waals surface area (Å²) in [4.78, 5) is 13.2. The van der Waals surface area contributed by atoms with E-state index in [1.54, 1.807) is 0 Å². The Hall–Kier alpha value is -1.16. The van der Waals surface area contributed by atoms with Crippen LogP contribution in [0.15, 0.2) is 12.2 Å². The lowest BCUT2D eigenvalue weighted by Crippen LogP contribution is -2.61. The number of carbonyl (C=O) groups excluding carboxylic acids is 1. The maximum absolute atomic E-state index is 13.2. The summed E-state index contributed by atoms with van der Waals surface area (Å²) in [5.74, 6) is -0.224. The lowest BCUT2D eigenvalue weighted by molar-refractivity contribution is -0.298. The second-order valence-electron chi connectivity index (χ2n) is 23.1. The number of aliphatic hydroxyl groups excluding tert-OH is 4. The number of hydrogen-bond donors (Lipinski definition) is 6. The van der Waals surface area contributed by atoms with E-state index < -0.39 is 59.9 Å². The molecule has 1 rings (SSSR count). The molecule has 1 saturated heterocycles. The molecular formula is C63H123NO11S. The van der Waals surface area contributed by atoms with Crippen molar-refractivity contribution in [1.29, 1.82) is 0 Å². The first-order chi connectivity index (χ1) is 37.0. The predicted molar refractivity (Wildman–Crippen MR) is 315 cm³/mol. The van der Waals surface area contributed by atoms with Crippen LogP contribution in [0.4, 0.5) is 0 Å². The molecule has 0 saturated carbocycles. The summed E-state index contributed by atoms with van der Waals surface area (Å²) in [7, 11) is -5.08. The first-order valence-corrected chi connectivity index (χ1v) is 33.9. The predicted octanol–water partition coefficient (Wildman–Crippen LogP) is 16.2. The lowest BCUT2D eigenvalue weighted by Gasteiger charge is -2.41. The summed E-state index contributed by atoms with van der Waals surface area (Å²) in [5.41, 5.74) is 0. The normalized spacial score (nSPS) is 19.0. The van der Waals surface area contributed by atoms with Gasteiger partial charge in [-0.3, -0.25) is 9.35 Å². The minimum atomic E-state index is -5.08. The molecule has 1 aliphatic heterocycles. The van der Waals surface area contributed by atoms with Gasteiger partial charge in [0, 0.05) is 6.42 Å². The lowest BCUT2D eigenvalue weighted by atomic mass is 9.99. The molecule has 1 fully saturated rings. The molecule has 0 aliphatic carbocycles. The van der Waals surface area contributed by atoms with Gasteiger partial charge in [0.1, 0.15) is 24.4 Å². The van der Waals surface area contributed by atoms with E-state index in [1.807, 2.05) is 0 Å². The molecule has 7 unspecified atom stereocenters. The van der Waals surface area contributed by atoms with Crippen molar-refractivity contribution in [2.75, 3.05) is 13.2 Å². The molecular weight excluding hydrogens is 979 g/mol. The quantitative estimate of drug-likeness (QED) is 0.0193. The van der Waals surface area contributed by atoms with Crippen molar-refractivity contribution < 1.29 is 51.8 Å². The highest BCUT2D eigenvalue weighted by Gasteiger charge is 2.48. The third-order valence-corrected chi connectivity index (χ3v) is 16.3. The van der Waals surface area contributed by atoms with E-state index in [0.29, 0.717) is 12.8 Å². The van der Waals surface area contributed by atoms with Crippen molar-refractivity contribution in [2.45, 2.75) is 371 Å². The number of amides is 1. The summed E-state index contributed by atoms with van der Waals surface area (Å²) >= 11 is 0. The van der Waals surface area contributed by atoms with Gasteiger partial charge in [-0.1, -0.05) is 296 Å². The molecule has 0 aromatic carbocycles. The average Bonchev–Trinajstić information content (AvgIpc) is 3.40. The number of nitrogens with one attached hydrogen (secondary N) is 1. The molecule has 1 amide bonds. The van der Waals surface area contributed by atoms with Gasteiger partial charge in [-0.25, -0.2) is 4.18 Å².